The van der Waals surface area contributed by atoms with Crippen LogP contribution in [-0.4, -0.2) is 13.1 Å². The van der Waals surface area contributed by atoms with Crippen molar-refractivity contribution in [3.05, 3.63) is 35.9 Å². The highest BCUT2D eigenvalue weighted by atomic mass is 16.5. The van der Waals surface area contributed by atoms with Crippen LogP contribution >= 0.6 is 0 Å². The van der Waals surface area contributed by atoms with Crippen LogP contribution in [0.15, 0.2) is 30.3 Å². The predicted octanol–water partition coefficient (Wildman–Crippen LogP) is 3.92. The number of ether oxygens (including phenoxy) is 1. The Morgan fingerprint density at radius 2 is 1.53 bits per heavy atom. The van der Waals surface area contributed by atoms with Crippen LogP contribution in [0.3, 0.4) is 0 Å². The Morgan fingerprint density at radius 3 is 1.87 bits per heavy atom. The monoisotopic (exact) mass is 210 g/mol. The molecule has 0 saturated carbocycles. The largest absolute Gasteiger partial charge is 0.465 e. The van der Waals surface area contributed by atoms with E-state index in [2.05, 4.69) is 18.6 Å². The smallest absolute Gasteiger partial charge is 0.337 e. The Kier molecular flexibility index (Phi) is 13.6. The highest BCUT2D eigenvalue weighted by Gasteiger charge is 2.00. The summed E-state index contributed by atoms with van der Waals surface area (Å²) in [5, 5.41) is 0. The summed E-state index contributed by atoms with van der Waals surface area (Å²) in [6.45, 7) is 8.25. The van der Waals surface area contributed by atoms with Crippen LogP contribution in [0.25, 0.3) is 0 Å². The topological polar surface area (TPSA) is 26.3 Å². The predicted molar refractivity (Wildman–Crippen MR) is 65.1 cm³/mol. The van der Waals surface area contributed by atoms with Crippen LogP contribution in [-0.2, 0) is 4.74 Å². The van der Waals surface area contributed by atoms with Crippen molar-refractivity contribution in [1.82, 2.24) is 0 Å². The fraction of sp³-hybridized carbons (Fsp3) is 0.462. The molecule has 0 fully saturated rings. The van der Waals surface area contributed by atoms with Gasteiger partial charge in [-0.3, -0.25) is 0 Å². The van der Waals surface area contributed by atoms with Crippen molar-refractivity contribution >= 4 is 5.97 Å². The molecule has 0 bridgehead atoms. The first kappa shape index (κ1) is 16.1. The molecule has 1 rings (SSSR count). The first-order valence-electron chi connectivity index (χ1n) is 5.39. The van der Waals surface area contributed by atoms with E-state index in [1.165, 1.54) is 13.5 Å². The molecule has 0 radical (unpaired) electrons. The zero-order chi connectivity index (χ0) is 12.1. The van der Waals surface area contributed by atoms with Crippen molar-refractivity contribution in [2.75, 3.05) is 7.11 Å². The third-order valence-corrected chi connectivity index (χ3v) is 1.19. The highest BCUT2D eigenvalue weighted by Crippen LogP contribution is 1.98. The van der Waals surface area contributed by atoms with Crippen molar-refractivity contribution in [3.63, 3.8) is 0 Å². The molecule has 2 nitrogen and oxygen atoms in total. The molecule has 1 aromatic rings. The first-order valence-corrected chi connectivity index (χ1v) is 5.39. The molecule has 0 aliphatic heterocycles. The Balaban J connectivity index is 0. The molecule has 0 amide bonds. The second-order valence-corrected chi connectivity index (χ2v) is 2.56. The van der Waals surface area contributed by atoms with Crippen LogP contribution in [0.2, 0.25) is 0 Å². The molecule has 0 heterocycles. The molecule has 86 valence electrons. The number of hydrogen-bond donors (Lipinski definition) is 0. The molecule has 0 unspecified atom stereocenters. The molecule has 0 aromatic heterocycles. The van der Waals surface area contributed by atoms with Crippen molar-refractivity contribution < 1.29 is 9.53 Å². The van der Waals surface area contributed by atoms with Gasteiger partial charge in [0, 0.05) is 0 Å². The van der Waals surface area contributed by atoms with E-state index in [-0.39, 0.29) is 5.97 Å². The molecule has 0 aliphatic rings. The van der Waals surface area contributed by atoms with E-state index in [4.69, 9.17) is 0 Å². The number of esters is 1. The van der Waals surface area contributed by atoms with E-state index in [0.717, 1.165) is 0 Å². The minimum Gasteiger partial charge on any atom is -0.465 e. The van der Waals surface area contributed by atoms with Gasteiger partial charge in [0.1, 0.15) is 0 Å². The van der Waals surface area contributed by atoms with Crippen LogP contribution in [0, 0.1) is 0 Å². The summed E-state index contributed by atoms with van der Waals surface area (Å²) in [6.07, 6.45) is 1.25. The molecule has 1 aromatic carbocycles. The average Bonchev–Trinajstić information content (AvgIpc) is 2.33. The molecular weight excluding hydrogens is 188 g/mol. The molecule has 0 aliphatic carbocycles. The SMILES string of the molecule is CC.CCC.COC(=O)c1ccccc1. The summed E-state index contributed by atoms with van der Waals surface area (Å²) in [6, 6.07) is 8.88. The maximum atomic E-state index is 10.8. The van der Waals surface area contributed by atoms with Crippen LogP contribution in [0.5, 0.6) is 0 Å². The van der Waals surface area contributed by atoms with Crippen molar-refractivity contribution in [2.45, 2.75) is 34.1 Å². The van der Waals surface area contributed by atoms with E-state index in [1.807, 2.05) is 19.9 Å². The normalized spacial score (nSPS) is 7.53. The van der Waals surface area contributed by atoms with Gasteiger partial charge in [-0.25, -0.2) is 4.79 Å². The fourth-order valence-electron chi connectivity index (χ4n) is 0.692. The molecule has 0 atom stereocenters. The molecule has 0 spiro atoms. The third kappa shape index (κ3) is 9.01. The number of methoxy groups -OCH3 is 1. The number of rotatable bonds is 1. The van der Waals surface area contributed by atoms with Crippen LogP contribution < -0.4 is 0 Å². The molecule has 0 N–H and O–H groups in total. The van der Waals surface area contributed by atoms with Crippen molar-refractivity contribution in [2.24, 2.45) is 0 Å². The summed E-state index contributed by atoms with van der Waals surface area (Å²) >= 11 is 0. The summed E-state index contributed by atoms with van der Waals surface area (Å²) in [5.41, 5.74) is 0.588. The minimum atomic E-state index is -0.291. The summed E-state index contributed by atoms with van der Waals surface area (Å²) in [4.78, 5) is 10.8. The fourth-order valence-corrected chi connectivity index (χ4v) is 0.692. The second kappa shape index (κ2) is 12.7. The maximum absolute atomic E-state index is 10.8. The van der Waals surface area contributed by atoms with Gasteiger partial charge in [0.25, 0.3) is 0 Å². The van der Waals surface area contributed by atoms with Gasteiger partial charge in [-0.1, -0.05) is 52.3 Å². The van der Waals surface area contributed by atoms with Gasteiger partial charge in [0.2, 0.25) is 0 Å². The standard InChI is InChI=1S/C8H8O2.C3H8.C2H6/c1-10-8(9)7-5-3-2-4-6-7;1-3-2;1-2/h2-6H,1H3;3H2,1-2H3;1-2H3. The number of hydrogen-bond acceptors (Lipinski definition) is 2. The van der Waals surface area contributed by atoms with Gasteiger partial charge in [-0.05, 0) is 12.1 Å². The van der Waals surface area contributed by atoms with Gasteiger partial charge in [0.05, 0.1) is 12.7 Å². The van der Waals surface area contributed by atoms with E-state index in [9.17, 15) is 4.79 Å². The number of benzene rings is 1. The lowest BCUT2D eigenvalue weighted by Crippen LogP contribution is -1.99. The Bertz CT molecular complexity index is 230. The maximum Gasteiger partial charge on any atom is 0.337 e. The van der Waals surface area contributed by atoms with Gasteiger partial charge in [-0.2, -0.15) is 0 Å². The highest BCUT2D eigenvalue weighted by molar-refractivity contribution is 5.89. The molecule has 15 heavy (non-hydrogen) atoms. The Hall–Kier alpha value is -1.31. The van der Waals surface area contributed by atoms with Crippen molar-refractivity contribution in [1.29, 1.82) is 0 Å². The van der Waals surface area contributed by atoms with Crippen LogP contribution in [0.4, 0.5) is 0 Å². The first-order chi connectivity index (χ1) is 7.26. The van der Waals surface area contributed by atoms with E-state index in [0.29, 0.717) is 5.56 Å². The average molecular weight is 210 g/mol. The Labute approximate surface area is 93.3 Å². The number of carbonyl (C=O) groups excluding carboxylic acids is 1. The van der Waals surface area contributed by atoms with Crippen molar-refractivity contribution in [3.8, 4) is 0 Å². The molecule has 2 heteroatoms. The lowest BCUT2D eigenvalue weighted by molar-refractivity contribution is 0.0601. The van der Waals surface area contributed by atoms with Gasteiger partial charge in [0.15, 0.2) is 0 Å². The summed E-state index contributed by atoms with van der Waals surface area (Å²) < 4.78 is 4.50. The van der Waals surface area contributed by atoms with Gasteiger partial charge < -0.3 is 4.74 Å². The summed E-state index contributed by atoms with van der Waals surface area (Å²) in [7, 11) is 1.37. The van der Waals surface area contributed by atoms with Gasteiger partial charge in [-0.15, -0.1) is 0 Å². The van der Waals surface area contributed by atoms with E-state index >= 15 is 0 Å². The zero-order valence-corrected chi connectivity index (χ0v) is 10.4. The minimum absolute atomic E-state index is 0.291. The lowest BCUT2D eigenvalue weighted by atomic mass is 10.2. The number of carbonyl (C=O) groups is 1. The molecule has 0 saturated heterocycles. The second-order valence-electron chi connectivity index (χ2n) is 2.56. The van der Waals surface area contributed by atoms with Crippen LogP contribution in [0.1, 0.15) is 44.5 Å². The van der Waals surface area contributed by atoms with Gasteiger partial charge >= 0.3 is 5.97 Å². The molecular formula is C13H22O2. The quantitative estimate of drug-likeness (QED) is 0.657. The third-order valence-electron chi connectivity index (χ3n) is 1.19. The summed E-state index contributed by atoms with van der Waals surface area (Å²) in [5.74, 6) is -0.291. The Morgan fingerprint density at radius 1 is 1.13 bits per heavy atom. The van der Waals surface area contributed by atoms with E-state index < -0.39 is 0 Å². The van der Waals surface area contributed by atoms with E-state index in [1.54, 1.807) is 24.3 Å². The lowest BCUT2D eigenvalue weighted by Gasteiger charge is -1.95. The zero-order valence-electron chi connectivity index (χ0n) is 10.4.